The van der Waals surface area contributed by atoms with Crippen molar-refractivity contribution in [2.75, 3.05) is 37.6 Å². The summed E-state index contributed by atoms with van der Waals surface area (Å²) in [7, 11) is -4.11. The number of hydrogen-bond donors (Lipinski definition) is 2. The molecule has 0 saturated heterocycles. The average Bonchev–Trinajstić information content (AvgIpc) is 3.31. The maximum Gasteiger partial charge on any atom is 1.00 e. The second-order valence-electron chi connectivity index (χ2n) is 10.6. The smallest absolute Gasteiger partial charge is 0.777 e. The minimum Gasteiger partial charge on any atom is -0.777 e. The standard InChI is InChI=1S/C28H53N6O5P.Na/c1-3-4-5-6-7-8-9-10-11-12-13-14-15-16-18-37-19-17-20-39-40(35,36)23-38-24(2)21-34-22-31-25-26(29)32-28(30)33-27(25)34;/h22,24H,3-21,23H2,1-2H3,(H,35,36)(H4,29,30,32,33);/q;+1/p-1/t24-;/m1./s1. The van der Waals surface area contributed by atoms with Gasteiger partial charge < -0.3 is 39.5 Å². The van der Waals surface area contributed by atoms with Crippen LogP contribution in [-0.2, 0) is 25.1 Å². The van der Waals surface area contributed by atoms with Crippen molar-refractivity contribution in [2.45, 2.75) is 123 Å². The van der Waals surface area contributed by atoms with Crippen molar-refractivity contribution in [3.8, 4) is 0 Å². The van der Waals surface area contributed by atoms with Crippen LogP contribution in [0.15, 0.2) is 6.33 Å². The number of imidazole rings is 1. The first-order valence-corrected chi connectivity index (χ1v) is 16.9. The van der Waals surface area contributed by atoms with Crippen molar-refractivity contribution in [1.29, 1.82) is 0 Å². The van der Waals surface area contributed by atoms with Crippen LogP contribution in [0.4, 0.5) is 11.8 Å². The molecule has 0 amide bonds. The summed E-state index contributed by atoms with van der Waals surface area (Å²) in [5, 5.41) is 0. The topological polar surface area (TPSA) is 163 Å². The molecule has 0 aliphatic heterocycles. The molecule has 2 heterocycles. The van der Waals surface area contributed by atoms with Gasteiger partial charge in [-0.2, -0.15) is 9.97 Å². The molecular formula is C28H52N6NaO5P. The molecule has 0 bridgehead atoms. The number of rotatable bonds is 25. The summed E-state index contributed by atoms with van der Waals surface area (Å²) in [6.07, 6.45) is 19.7. The number of fused-ring (bicyclic) bond motifs is 1. The van der Waals surface area contributed by atoms with E-state index in [0.717, 1.165) is 6.42 Å². The molecule has 2 rings (SSSR count). The number of aromatic nitrogens is 4. The second kappa shape index (κ2) is 22.7. The second-order valence-corrected chi connectivity index (χ2v) is 12.4. The van der Waals surface area contributed by atoms with E-state index in [4.69, 9.17) is 25.5 Å². The number of nitrogen functional groups attached to an aromatic ring is 2. The Bertz CT molecular complexity index is 998. The van der Waals surface area contributed by atoms with Gasteiger partial charge in [-0.05, 0) is 19.8 Å². The van der Waals surface area contributed by atoms with Crippen LogP contribution in [0.1, 0.15) is 110 Å². The van der Waals surface area contributed by atoms with E-state index in [0.29, 0.717) is 37.3 Å². The van der Waals surface area contributed by atoms with Gasteiger partial charge in [-0.1, -0.05) is 90.4 Å². The van der Waals surface area contributed by atoms with Crippen LogP contribution >= 0.6 is 7.60 Å². The van der Waals surface area contributed by atoms with Crippen LogP contribution in [0, 0.1) is 0 Å². The van der Waals surface area contributed by atoms with Crippen LogP contribution in [-0.4, -0.2) is 51.8 Å². The SMILES string of the molecule is CCCCCCCCCCCCCCCCOCCCOP(=O)([O-])CO[C@H](C)Cn1cnc2c(N)nc(N)nc21.[Na+]. The zero-order valence-corrected chi connectivity index (χ0v) is 28.6. The summed E-state index contributed by atoms with van der Waals surface area (Å²) >= 11 is 0. The maximum absolute atomic E-state index is 12.2. The number of hydrogen-bond acceptors (Lipinski definition) is 10. The van der Waals surface area contributed by atoms with E-state index < -0.39 is 20.0 Å². The van der Waals surface area contributed by atoms with Gasteiger partial charge >= 0.3 is 29.6 Å². The largest absolute Gasteiger partial charge is 1.00 e. The predicted octanol–water partition coefficient (Wildman–Crippen LogP) is 2.82. The Labute approximate surface area is 268 Å². The Morgan fingerprint density at radius 2 is 1.44 bits per heavy atom. The van der Waals surface area contributed by atoms with Crippen molar-refractivity contribution in [2.24, 2.45) is 0 Å². The molecule has 230 valence electrons. The number of nitrogens with zero attached hydrogens (tertiary/aromatic N) is 4. The third-order valence-electron chi connectivity index (χ3n) is 6.84. The summed E-state index contributed by atoms with van der Waals surface area (Å²) in [6, 6.07) is 0. The summed E-state index contributed by atoms with van der Waals surface area (Å²) in [5.41, 5.74) is 12.4. The molecule has 0 radical (unpaired) electrons. The third-order valence-corrected chi connectivity index (χ3v) is 7.88. The molecule has 0 saturated carbocycles. The molecule has 0 aliphatic carbocycles. The predicted molar refractivity (Wildman–Crippen MR) is 159 cm³/mol. The van der Waals surface area contributed by atoms with Gasteiger partial charge in [-0.3, -0.25) is 0 Å². The van der Waals surface area contributed by atoms with Crippen LogP contribution in [0.25, 0.3) is 11.2 Å². The Morgan fingerprint density at radius 1 is 0.878 bits per heavy atom. The molecule has 13 heteroatoms. The molecule has 0 aromatic carbocycles. The first-order chi connectivity index (χ1) is 19.3. The molecule has 1 unspecified atom stereocenters. The van der Waals surface area contributed by atoms with Gasteiger partial charge in [0.2, 0.25) is 5.95 Å². The summed E-state index contributed by atoms with van der Waals surface area (Å²) < 4.78 is 30.1. The number of unbranched alkanes of at least 4 members (excludes halogenated alkanes) is 13. The molecule has 2 aromatic heterocycles. The Morgan fingerprint density at radius 3 is 2.05 bits per heavy atom. The average molecular weight is 607 g/mol. The zero-order chi connectivity index (χ0) is 29.1. The van der Waals surface area contributed by atoms with E-state index in [1.165, 1.54) is 83.5 Å². The van der Waals surface area contributed by atoms with Crippen molar-refractivity contribution < 1.29 is 53.0 Å². The van der Waals surface area contributed by atoms with Crippen LogP contribution in [0.3, 0.4) is 0 Å². The maximum atomic E-state index is 12.2. The van der Waals surface area contributed by atoms with Gasteiger partial charge in [0.15, 0.2) is 19.1 Å². The fourth-order valence-corrected chi connectivity index (χ4v) is 5.49. The van der Waals surface area contributed by atoms with Crippen LogP contribution in [0.2, 0.25) is 0 Å². The van der Waals surface area contributed by atoms with E-state index in [1.807, 2.05) is 0 Å². The Balaban J connectivity index is 0.00000840. The number of nitrogens with two attached hydrogens (primary N) is 2. The van der Waals surface area contributed by atoms with Crippen molar-refractivity contribution in [3.63, 3.8) is 0 Å². The molecule has 0 spiro atoms. The normalized spacial score (nSPS) is 13.7. The van der Waals surface area contributed by atoms with Gasteiger partial charge in [0.1, 0.15) is 11.9 Å². The Hall–Kier alpha value is -0.780. The van der Waals surface area contributed by atoms with E-state index in [-0.39, 0.29) is 47.9 Å². The molecule has 41 heavy (non-hydrogen) atoms. The van der Waals surface area contributed by atoms with E-state index in [1.54, 1.807) is 17.8 Å². The molecular weight excluding hydrogens is 554 g/mol. The summed E-state index contributed by atoms with van der Waals surface area (Å²) in [4.78, 5) is 24.4. The number of anilines is 2. The van der Waals surface area contributed by atoms with E-state index in [2.05, 4.69) is 21.9 Å². The van der Waals surface area contributed by atoms with Gasteiger partial charge in [0.05, 0.1) is 25.6 Å². The minimum atomic E-state index is -4.11. The molecule has 4 N–H and O–H groups in total. The van der Waals surface area contributed by atoms with Gasteiger partial charge in [0, 0.05) is 13.2 Å². The van der Waals surface area contributed by atoms with Crippen molar-refractivity contribution in [1.82, 2.24) is 19.5 Å². The van der Waals surface area contributed by atoms with Gasteiger partial charge in [0.25, 0.3) is 0 Å². The third kappa shape index (κ3) is 17.2. The monoisotopic (exact) mass is 606 g/mol. The molecule has 2 aromatic rings. The van der Waals surface area contributed by atoms with E-state index >= 15 is 0 Å². The summed E-state index contributed by atoms with van der Waals surface area (Å²) in [5.74, 6) is 0.234. The first kappa shape index (κ1) is 38.2. The van der Waals surface area contributed by atoms with Gasteiger partial charge in [-0.15, -0.1) is 0 Å². The quantitative estimate of drug-likeness (QED) is 0.0976. The van der Waals surface area contributed by atoms with Gasteiger partial charge in [-0.25, -0.2) is 4.98 Å². The molecule has 0 fully saturated rings. The zero-order valence-electron chi connectivity index (χ0n) is 25.7. The minimum absolute atomic E-state index is 0. The first-order valence-electron chi connectivity index (χ1n) is 15.2. The number of ether oxygens (including phenoxy) is 2. The fourth-order valence-electron chi connectivity index (χ4n) is 4.57. The van der Waals surface area contributed by atoms with Crippen LogP contribution in [0.5, 0.6) is 0 Å². The Kier molecular flexibility index (Phi) is 21.2. The van der Waals surface area contributed by atoms with Crippen molar-refractivity contribution in [3.05, 3.63) is 6.33 Å². The van der Waals surface area contributed by atoms with Crippen LogP contribution < -0.4 is 45.9 Å². The fraction of sp³-hybridized carbons (Fsp3) is 0.821. The molecule has 0 aliphatic rings. The van der Waals surface area contributed by atoms with Crippen molar-refractivity contribution >= 4 is 30.5 Å². The molecule has 2 atom stereocenters. The van der Waals surface area contributed by atoms with E-state index in [9.17, 15) is 9.46 Å². The molecule has 11 nitrogen and oxygen atoms in total. The summed E-state index contributed by atoms with van der Waals surface area (Å²) in [6.45, 7) is 5.61.